The average molecular weight is 468 g/mol. The quantitative estimate of drug-likeness (QED) is 0.374. The van der Waals surface area contributed by atoms with Crippen molar-refractivity contribution in [2.75, 3.05) is 10.2 Å². The lowest BCUT2D eigenvalue weighted by Crippen LogP contribution is -2.39. The lowest BCUT2D eigenvalue weighted by molar-refractivity contribution is -0.384. The minimum Gasteiger partial charge on any atom is -0.357 e. The third-order valence-corrected chi connectivity index (χ3v) is 6.56. The first-order valence-electron chi connectivity index (χ1n) is 11.5. The highest BCUT2D eigenvalue weighted by molar-refractivity contribution is 6.12. The number of rotatable bonds is 3. The molecule has 3 aromatic rings. The van der Waals surface area contributed by atoms with Gasteiger partial charge in [-0.05, 0) is 53.8 Å². The van der Waals surface area contributed by atoms with E-state index in [-0.39, 0.29) is 22.8 Å². The van der Waals surface area contributed by atoms with Gasteiger partial charge < -0.3 is 5.32 Å². The summed E-state index contributed by atoms with van der Waals surface area (Å²) in [5.74, 6) is -0.291. The van der Waals surface area contributed by atoms with Crippen LogP contribution in [0.1, 0.15) is 48.7 Å². The van der Waals surface area contributed by atoms with Gasteiger partial charge in [-0.25, -0.2) is 0 Å². The van der Waals surface area contributed by atoms with Gasteiger partial charge in [0.2, 0.25) is 0 Å². The Morgan fingerprint density at radius 1 is 0.971 bits per heavy atom. The minimum atomic E-state index is -0.738. The maximum Gasteiger partial charge on any atom is 0.269 e. The van der Waals surface area contributed by atoms with E-state index in [1.165, 1.54) is 12.1 Å². The van der Waals surface area contributed by atoms with Crippen LogP contribution in [0.25, 0.3) is 0 Å². The number of para-hydroxylation sites is 2. The van der Waals surface area contributed by atoms with Gasteiger partial charge in [-0.1, -0.05) is 44.2 Å². The van der Waals surface area contributed by atoms with Gasteiger partial charge in [-0.3, -0.25) is 24.6 Å². The number of benzene rings is 3. The van der Waals surface area contributed by atoms with Crippen LogP contribution in [0.2, 0.25) is 0 Å². The van der Waals surface area contributed by atoms with E-state index in [2.05, 4.69) is 19.2 Å². The molecule has 0 bridgehead atoms. The van der Waals surface area contributed by atoms with Crippen molar-refractivity contribution in [2.45, 2.75) is 32.7 Å². The molecule has 1 aliphatic heterocycles. The zero-order chi connectivity index (χ0) is 24.7. The van der Waals surface area contributed by atoms with Crippen molar-refractivity contribution >= 4 is 28.8 Å². The third kappa shape index (κ3) is 4.10. The molecule has 0 saturated heterocycles. The standard InChI is InChI=1S/C28H25N3O4/c1-28(2)16-22-25(24(32)17-28)26(18-12-14-20(15-13-18)31(34)35)30(23-11-7-6-10-21(23)29-22)27(33)19-8-4-3-5-9-19/h3-15,26,29H,16-17H2,1-2H3. The number of non-ortho nitro benzene ring substituents is 1. The Bertz CT molecular complexity index is 1360. The van der Waals surface area contributed by atoms with E-state index in [1.807, 2.05) is 30.3 Å². The summed E-state index contributed by atoms with van der Waals surface area (Å²) in [6.07, 6.45) is 0.986. The fraction of sp³-hybridized carbons (Fsp3) is 0.214. The molecule has 7 heteroatoms. The second-order valence-electron chi connectivity index (χ2n) is 9.77. The number of fused-ring (bicyclic) bond motifs is 1. The van der Waals surface area contributed by atoms with E-state index in [4.69, 9.17) is 0 Å². The molecule has 0 radical (unpaired) electrons. The number of carbonyl (C=O) groups excluding carboxylic acids is 2. The van der Waals surface area contributed by atoms with Gasteiger partial charge in [-0.2, -0.15) is 0 Å². The first kappa shape index (κ1) is 22.5. The van der Waals surface area contributed by atoms with Crippen LogP contribution < -0.4 is 10.2 Å². The van der Waals surface area contributed by atoms with Gasteiger partial charge in [0.15, 0.2) is 5.78 Å². The van der Waals surface area contributed by atoms with Crippen molar-refractivity contribution < 1.29 is 14.5 Å². The van der Waals surface area contributed by atoms with E-state index < -0.39 is 11.0 Å². The number of hydrogen-bond acceptors (Lipinski definition) is 5. The zero-order valence-electron chi connectivity index (χ0n) is 19.5. The summed E-state index contributed by atoms with van der Waals surface area (Å²) in [6, 6.07) is 21.8. The predicted molar refractivity (Wildman–Crippen MR) is 134 cm³/mol. The van der Waals surface area contributed by atoms with E-state index in [0.29, 0.717) is 35.2 Å². The molecule has 5 rings (SSSR count). The number of nitro groups is 1. The molecule has 0 fully saturated rings. The normalized spacial score (nSPS) is 18.7. The summed E-state index contributed by atoms with van der Waals surface area (Å²) >= 11 is 0. The molecule has 0 saturated carbocycles. The third-order valence-electron chi connectivity index (χ3n) is 6.56. The summed E-state index contributed by atoms with van der Waals surface area (Å²) in [4.78, 5) is 40.2. The van der Waals surface area contributed by atoms with Gasteiger partial charge in [0, 0.05) is 35.4 Å². The second-order valence-corrected chi connectivity index (χ2v) is 9.77. The maximum absolute atomic E-state index is 14.0. The van der Waals surface area contributed by atoms with Gasteiger partial charge in [-0.15, -0.1) is 0 Å². The first-order chi connectivity index (χ1) is 16.7. The second kappa shape index (κ2) is 8.51. The van der Waals surface area contributed by atoms with Crippen LogP contribution in [0.15, 0.2) is 90.1 Å². The molecule has 1 unspecified atom stereocenters. The van der Waals surface area contributed by atoms with E-state index in [1.54, 1.807) is 41.3 Å². The molecule has 176 valence electrons. The Morgan fingerprint density at radius 3 is 2.31 bits per heavy atom. The lowest BCUT2D eigenvalue weighted by atomic mass is 9.73. The van der Waals surface area contributed by atoms with Crippen molar-refractivity contribution in [1.82, 2.24) is 0 Å². The maximum atomic E-state index is 14.0. The molecule has 7 nitrogen and oxygen atoms in total. The smallest absolute Gasteiger partial charge is 0.269 e. The molecule has 1 atom stereocenters. The number of carbonyl (C=O) groups is 2. The number of allylic oxidation sites excluding steroid dienone is 1. The molecule has 1 amide bonds. The van der Waals surface area contributed by atoms with Crippen LogP contribution in [-0.2, 0) is 4.79 Å². The van der Waals surface area contributed by atoms with Crippen molar-refractivity contribution in [1.29, 1.82) is 0 Å². The van der Waals surface area contributed by atoms with E-state index >= 15 is 0 Å². The highest BCUT2D eigenvalue weighted by atomic mass is 16.6. The summed E-state index contributed by atoms with van der Waals surface area (Å²) in [5.41, 5.74) is 3.53. The van der Waals surface area contributed by atoms with Crippen LogP contribution in [0.5, 0.6) is 0 Å². The average Bonchev–Trinajstić information content (AvgIpc) is 2.97. The number of ketones is 1. The topological polar surface area (TPSA) is 92.6 Å². The fourth-order valence-electron chi connectivity index (χ4n) is 5.02. The highest BCUT2D eigenvalue weighted by Gasteiger charge is 2.43. The van der Waals surface area contributed by atoms with Crippen LogP contribution >= 0.6 is 0 Å². The van der Waals surface area contributed by atoms with Crippen LogP contribution in [-0.4, -0.2) is 16.6 Å². The number of nitro benzene ring substituents is 1. The van der Waals surface area contributed by atoms with E-state index in [0.717, 1.165) is 11.4 Å². The van der Waals surface area contributed by atoms with Crippen molar-refractivity contribution in [3.05, 3.63) is 111 Å². The van der Waals surface area contributed by atoms with Crippen LogP contribution in [0.3, 0.4) is 0 Å². The number of Topliss-reactive ketones (excluding diaryl/α,β-unsaturated/α-hetero) is 1. The number of anilines is 2. The lowest BCUT2D eigenvalue weighted by Gasteiger charge is -2.37. The SMILES string of the molecule is CC1(C)CC(=O)C2=C(C1)Nc1ccccc1N(C(=O)c1ccccc1)C2c1ccc([N+](=O)[O-])cc1. The van der Waals surface area contributed by atoms with Gasteiger partial charge >= 0.3 is 0 Å². The number of amides is 1. The van der Waals surface area contributed by atoms with E-state index in [9.17, 15) is 19.7 Å². The van der Waals surface area contributed by atoms with Crippen LogP contribution in [0, 0.1) is 15.5 Å². The molecule has 3 aromatic carbocycles. The summed E-state index contributed by atoms with van der Waals surface area (Å²) in [7, 11) is 0. The summed E-state index contributed by atoms with van der Waals surface area (Å²) < 4.78 is 0. The monoisotopic (exact) mass is 467 g/mol. The number of nitrogens with zero attached hydrogens (tertiary/aromatic N) is 2. The van der Waals surface area contributed by atoms with Crippen molar-refractivity contribution in [3.8, 4) is 0 Å². The van der Waals surface area contributed by atoms with Gasteiger partial charge in [0.1, 0.15) is 0 Å². The highest BCUT2D eigenvalue weighted by Crippen LogP contribution is 2.48. The molecule has 35 heavy (non-hydrogen) atoms. The van der Waals surface area contributed by atoms with Gasteiger partial charge in [0.05, 0.1) is 22.3 Å². The molecule has 2 aliphatic rings. The van der Waals surface area contributed by atoms with Crippen molar-refractivity contribution in [3.63, 3.8) is 0 Å². The Hall–Kier alpha value is -4.26. The largest absolute Gasteiger partial charge is 0.357 e. The number of hydrogen-bond donors (Lipinski definition) is 1. The molecule has 1 aliphatic carbocycles. The first-order valence-corrected chi connectivity index (χ1v) is 11.5. The number of nitrogens with one attached hydrogen (secondary N) is 1. The molecular weight excluding hydrogens is 442 g/mol. The molecule has 1 heterocycles. The van der Waals surface area contributed by atoms with Gasteiger partial charge in [0.25, 0.3) is 11.6 Å². The Labute approximate surface area is 203 Å². The minimum absolute atomic E-state index is 0.0363. The molecular formula is C28H25N3O4. The predicted octanol–water partition coefficient (Wildman–Crippen LogP) is 6.05. The fourth-order valence-corrected chi connectivity index (χ4v) is 5.02. The molecule has 0 aromatic heterocycles. The Balaban J connectivity index is 1.78. The van der Waals surface area contributed by atoms with Crippen molar-refractivity contribution in [2.24, 2.45) is 5.41 Å². The van der Waals surface area contributed by atoms with Crippen LogP contribution in [0.4, 0.5) is 17.1 Å². The Kier molecular flexibility index (Phi) is 5.47. The zero-order valence-corrected chi connectivity index (χ0v) is 19.5. The molecule has 1 N–H and O–H groups in total. The molecule has 0 spiro atoms. The summed E-state index contributed by atoms with van der Waals surface area (Å²) in [6.45, 7) is 4.11. The Morgan fingerprint density at radius 2 is 1.63 bits per heavy atom. The summed E-state index contributed by atoms with van der Waals surface area (Å²) in [5, 5.41) is 14.8.